The van der Waals surface area contributed by atoms with Crippen molar-refractivity contribution in [3.05, 3.63) is 34.9 Å². The maximum atomic E-state index is 12.3. The molecule has 9 heteroatoms. The van der Waals surface area contributed by atoms with Crippen molar-refractivity contribution in [1.82, 2.24) is 15.2 Å². The maximum Gasteiger partial charge on any atom is 0.228 e. The van der Waals surface area contributed by atoms with Gasteiger partial charge in [0.25, 0.3) is 0 Å². The maximum absolute atomic E-state index is 12.3. The highest BCUT2D eigenvalue weighted by Crippen LogP contribution is 2.24. The molecule has 1 N–H and O–H groups in total. The molecule has 0 radical (unpaired) electrons. The molecule has 1 atom stereocenters. The minimum atomic E-state index is -0.174. The summed E-state index contributed by atoms with van der Waals surface area (Å²) in [4.78, 5) is 18.7. The molecule has 0 saturated carbocycles. The molecule has 0 aliphatic carbocycles. The summed E-state index contributed by atoms with van der Waals surface area (Å²) in [7, 11) is 0. The number of halogens is 1. The number of benzene rings is 1. The van der Waals surface area contributed by atoms with Gasteiger partial charge in [-0.15, -0.1) is 0 Å². The number of hydrogen-bond acceptors (Lipinski definition) is 5. The summed E-state index contributed by atoms with van der Waals surface area (Å²) in [5.74, 6) is 1.40. The van der Waals surface area contributed by atoms with E-state index in [1.807, 2.05) is 41.6 Å². The van der Waals surface area contributed by atoms with Gasteiger partial charge in [0, 0.05) is 29.3 Å². The van der Waals surface area contributed by atoms with Crippen molar-refractivity contribution in [3.63, 3.8) is 0 Å². The smallest absolute Gasteiger partial charge is 0.228 e. The number of carbonyl (C=O) groups excluding carboxylic acids is 1. The standard InChI is InChI=1S/C18H21ClN6OS/c1-27-10-8-21-18(22-12-20)25-11-15(24-9-2-3-16(24)26)17(23-25)13-4-6-14(19)7-5-13/h4-7,15H,2-3,8-11H2,1H3,(H,21,22). The number of aliphatic imine (C=N–C) groups is 1. The van der Waals surface area contributed by atoms with Crippen LogP contribution in [0.25, 0.3) is 0 Å². The second kappa shape index (κ2) is 9.11. The van der Waals surface area contributed by atoms with Gasteiger partial charge in [-0.1, -0.05) is 23.7 Å². The molecule has 1 aromatic rings. The van der Waals surface area contributed by atoms with E-state index in [-0.39, 0.29) is 11.9 Å². The Bertz CT molecular complexity index is 788. The average molecular weight is 405 g/mol. The summed E-state index contributed by atoms with van der Waals surface area (Å²) in [5, 5.41) is 18.8. The fraction of sp³-hybridized carbons (Fsp3) is 0.444. The lowest BCUT2D eigenvalue weighted by atomic mass is 10.0. The SMILES string of the molecule is CSCCN=C(NC#N)N1CC(N2CCCC2=O)C(c2ccc(Cl)cc2)=N1. The summed E-state index contributed by atoms with van der Waals surface area (Å²) in [6.07, 6.45) is 5.36. The van der Waals surface area contributed by atoms with Crippen LogP contribution in [0, 0.1) is 11.5 Å². The van der Waals surface area contributed by atoms with Crippen LogP contribution in [-0.4, -0.2) is 65.2 Å². The number of likely N-dealkylation sites (tertiary alicyclic amines) is 1. The summed E-state index contributed by atoms with van der Waals surface area (Å²) >= 11 is 7.70. The van der Waals surface area contributed by atoms with Crippen molar-refractivity contribution in [1.29, 1.82) is 5.26 Å². The Kier molecular flexibility index (Phi) is 6.58. The van der Waals surface area contributed by atoms with E-state index in [4.69, 9.17) is 22.0 Å². The zero-order valence-corrected chi connectivity index (χ0v) is 16.6. The van der Waals surface area contributed by atoms with Crippen LogP contribution in [0.1, 0.15) is 18.4 Å². The van der Waals surface area contributed by atoms with Crippen LogP contribution in [0.3, 0.4) is 0 Å². The number of hydrogen-bond donors (Lipinski definition) is 1. The summed E-state index contributed by atoms with van der Waals surface area (Å²) in [5.41, 5.74) is 1.70. The molecule has 0 spiro atoms. The number of hydrazone groups is 1. The third-order valence-corrected chi connectivity index (χ3v) is 5.33. The van der Waals surface area contributed by atoms with E-state index < -0.39 is 0 Å². The molecule has 1 aromatic carbocycles. The molecule has 142 valence electrons. The van der Waals surface area contributed by atoms with E-state index in [1.165, 1.54) is 0 Å². The lowest BCUT2D eigenvalue weighted by molar-refractivity contribution is -0.128. The molecule has 27 heavy (non-hydrogen) atoms. The van der Waals surface area contributed by atoms with Crippen LogP contribution in [-0.2, 0) is 4.79 Å². The molecular weight excluding hydrogens is 384 g/mol. The van der Waals surface area contributed by atoms with Crippen molar-refractivity contribution in [2.75, 3.05) is 31.6 Å². The number of nitrogens with zero attached hydrogens (tertiary/aromatic N) is 5. The zero-order valence-electron chi connectivity index (χ0n) is 15.1. The Hall–Kier alpha value is -2.24. The van der Waals surface area contributed by atoms with E-state index in [0.29, 0.717) is 37.0 Å². The molecule has 7 nitrogen and oxygen atoms in total. The molecule has 0 aromatic heterocycles. The fourth-order valence-corrected chi connectivity index (χ4v) is 3.62. The second-order valence-electron chi connectivity index (χ2n) is 6.22. The number of thioether (sulfide) groups is 1. The number of nitriles is 1. The Morgan fingerprint density at radius 1 is 1.48 bits per heavy atom. The quantitative estimate of drug-likeness (QED) is 0.267. The third-order valence-electron chi connectivity index (χ3n) is 4.49. The number of carbonyl (C=O) groups is 1. The van der Waals surface area contributed by atoms with Crippen molar-refractivity contribution in [2.24, 2.45) is 10.1 Å². The van der Waals surface area contributed by atoms with Crippen molar-refractivity contribution in [3.8, 4) is 6.19 Å². The zero-order chi connectivity index (χ0) is 19.2. The van der Waals surface area contributed by atoms with Gasteiger partial charge in [-0.3, -0.25) is 10.1 Å². The second-order valence-corrected chi connectivity index (χ2v) is 7.64. The lowest BCUT2D eigenvalue weighted by Gasteiger charge is -2.25. The molecule has 2 aliphatic rings. The van der Waals surface area contributed by atoms with E-state index >= 15 is 0 Å². The van der Waals surface area contributed by atoms with Gasteiger partial charge >= 0.3 is 0 Å². The van der Waals surface area contributed by atoms with E-state index in [9.17, 15) is 4.79 Å². The van der Waals surface area contributed by atoms with Crippen LogP contribution in [0.2, 0.25) is 5.02 Å². The minimum absolute atomic E-state index is 0.137. The van der Waals surface area contributed by atoms with Gasteiger partial charge in [0.05, 0.1) is 24.8 Å². The molecule has 1 unspecified atom stereocenters. The minimum Gasteiger partial charge on any atom is -0.332 e. The van der Waals surface area contributed by atoms with Crippen LogP contribution >= 0.6 is 23.4 Å². The molecule has 1 amide bonds. The highest BCUT2D eigenvalue weighted by atomic mass is 35.5. The van der Waals surface area contributed by atoms with Crippen molar-refractivity contribution < 1.29 is 4.79 Å². The average Bonchev–Trinajstić information content (AvgIpc) is 3.28. The third kappa shape index (κ3) is 4.54. The monoisotopic (exact) mass is 404 g/mol. The van der Waals surface area contributed by atoms with Crippen molar-refractivity contribution in [2.45, 2.75) is 18.9 Å². The van der Waals surface area contributed by atoms with E-state index in [2.05, 4.69) is 10.3 Å². The molecule has 3 rings (SSSR count). The van der Waals surface area contributed by atoms with Crippen LogP contribution in [0.15, 0.2) is 34.4 Å². The number of guanidine groups is 1. The van der Waals surface area contributed by atoms with Gasteiger partial charge < -0.3 is 4.90 Å². The Balaban J connectivity index is 1.92. The summed E-state index contributed by atoms with van der Waals surface area (Å²) < 4.78 is 0. The molecule has 0 bridgehead atoms. The van der Waals surface area contributed by atoms with Gasteiger partial charge in [-0.2, -0.15) is 22.1 Å². The highest BCUT2D eigenvalue weighted by molar-refractivity contribution is 7.98. The summed E-state index contributed by atoms with van der Waals surface area (Å²) in [6.45, 7) is 1.77. The highest BCUT2D eigenvalue weighted by Gasteiger charge is 2.38. The largest absolute Gasteiger partial charge is 0.332 e. The van der Waals surface area contributed by atoms with E-state index in [1.54, 1.807) is 16.8 Å². The fourth-order valence-electron chi connectivity index (χ4n) is 3.22. The van der Waals surface area contributed by atoms with Gasteiger partial charge in [0.1, 0.15) is 0 Å². The first kappa shape index (κ1) is 19.5. The number of rotatable bonds is 5. The lowest BCUT2D eigenvalue weighted by Crippen LogP contribution is -2.45. The van der Waals surface area contributed by atoms with Crippen LogP contribution in [0.4, 0.5) is 0 Å². The van der Waals surface area contributed by atoms with Gasteiger partial charge in [-0.25, -0.2) is 10.0 Å². The van der Waals surface area contributed by atoms with Gasteiger partial charge in [0.15, 0.2) is 6.19 Å². The first-order valence-electron chi connectivity index (χ1n) is 8.74. The molecule has 2 heterocycles. The topological polar surface area (TPSA) is 84.1 Å². The Labute approximate surface area is 168 Å². The molecule has 1 fully saturated rings. The van der Waals surface area contributed by atoms with Crippen LogP contribution in [0.5, 0.6) is 0 Å². The Morgan fingerprint density at radius 2 is 2.26 bits per heavy atom. The van der Waals surface area contributed by atoms with E-state index in [0.717, 1.165) is 23.4 Å². The number of nitrogens with one attached hydrogen (secondary N) is 1. The predicted molar refractivity (Wildman–Crippen MR) is 109 cm³/mol. The van der Waals surface area contributed by atoms with Gasteiger partial charge in [-0.05, 0) is 24.8 Å². The first-order valence-corrected chi connectivity index (χ1v) is 10.5. The van der Waals surface area contributed by atoms with Crippen LogP contribution < -0.4 is 5.32 Å². The van der Waals surface area contributed by atoms with Gasteiger partial charge in [0.2, 0.25) is 11.9 Å². The first-order chi connectivity index (χ1) is 13.1. The Morgan fingerprint density at radius 3 is 2.89 bits per heavy atom. The predicted octanol–water partition coefficient (Wildman–Crippen LogP) is 2.14. The number of amides is 1. The van der Waals surface area contributed by atoms with Crippen molar-refractivity contribution >= 4 is 40.9 Å². The molecule has 1 saturated heterocycles. The molecular formula is C18H21ClN6OS. The normalized spacial score (nSPS) is 20.0. The molecule has 2 aliphatic heterocycles. The summed E-state index contributed by atoms with van der Waals surface area (Å²) in [6, 6.07) is 7.26.